The number of carbonyl (C=O) groups excluding carboxylic acids is 2. The molecule has 0 spiro atoms. The van der Waals surface area contributed by atoms with Crippen LogP contribution >= 0.6 is 11.8 Å². The third-order valence-electron chi connectivity index (χ3n) is 3.16. The van der Waals surface area contributed by atoms with Gasteiger partial charge in [-0.2, -0.15) is 16.9 Å². The summed E-state index contributed by atoms with van der Waals surface area (Å²) in [4.78, 5) is 23.8. The second kappa shape index (κ2) is 6.09. The van der Waals surface area contributed by atoms with E-state index in [1.165, 1.54) is 0 Å². The summed E-state index contributed by atoms with van der Waals surface area (Å²) >= 11 is 1.76. The second-order valence-electron chi connectivity index (χ2n) is 6.06. The first kappa shape index (κ1) is 15.9. The standard InChI is InChI=1S/C14H22N4O2S/c1-5-6-15-12(19)13(20)16-11-9-7-21-8-10(9)17-18(11)14(2,3)4/h5-8H2,1-4H3,(H,15,19)(H,16,20). The lowest BCUT2D eigenvalue weighted by Crippen LogP contribution is -2.37. The Hall–Kier alpha value is -1.50. The molecular formula is C14H22N4O2S. The zero-order chi connectivity index (χ0) is 15.6. The van der Waals surface area contributed by atoms with Crippen LogP contribution in [0, 0.1) is 0 Å². The Bertz CT molecular complexity index is 560. The summed E-state index contributed by atoms with van der Waals surface area (Å²) in [5.74, 6) is 1.09. The number of anilines is 1. The quantitative estimate of drug-likeness (QED) is 0.835. The van der Waals surface area contributed by atoms with Crippen molar-refractivity contribution in [2.75, 3.05) is 11.9 Å². The lowest BCUT2D eigenvalue weighted by Gasteiger charge is -2.23. The van der Waals surface area contributed by atoms with Gasteiger partial charge in [0, 0.05) is 23.6 Å². The molecule has 2 rings (SSSR count). The third kappa shape index (κ3) is 3.40. The summed E-state index contributed by atoms with van der Waals surface area (Å²) in [6, 6.07) is 0. The minimum Gasteiger partial charge on any atom is -0.348 e. The fraction of sp³-hybridized carbons (Fsp3) is 0.643. The fourth-order valence-corrected chi connectivity index (χ4v) is 3.14. The highest BCUT2D eigenvalue weighted by Gasteiger charge is 2.29. The largest absolute Gasteiger partial charge is 0.348 e. The molecular weight excluding hydrogens is 288 g/mol. The number of aromatic nitrogens is 2. The Morgan fingerprint density at radius 3 is 2.62 bits per heavy atom. The molecule has 0 saturated heterocycles. The van der Waals surface area contributed by atoms with Crippen molar-refractivity contribution in [1.82, 2.24) is 15.1 Å². The molecule has 7 heteroatoms. The first-order valence-corrected chi connectivity index (χ1v) is 8.28. The number of hydrogen-bond acceptors (Lipinski definition) is 4. The van der Waals surface area contributed by atoms with Crippen molar-refractivity contribution in [2.24, 2.45) is 0 Å². The number of carbonyl (C=O) groups is 2. The Labute approximate surface area is 129 Å². The van der Waals surface area contributed by atoms with E-state index in [4.69, 9.17) is 0 Å². The van der Waals surface area contributed by atoms with E-state index in [9.17, 15) is 9.59 Å². The van der Waals surface area contributed by atoms with Crippen LogP contribution in [-0.2, 0) is 26.6 Å². The molecule has 1 aliphatic heterocycles. The minimum atomic E-state index is -0.631. The van der Waals surface area contributed by atoms with E-state index in [1.807, 2.05) is 32.4 Å². The van der Waals surface area contributed by atoms with E-state index in [0.29, 0.717) is 12.4 Å². The number of nitrogens with zero attached hydrogens (tertiary/aromatic N) is 2. The van der Waals surface area contributed by atoms with Crippen molar-refractivity contribution >= 4 is 29.4 Å². The molecule has 0 saturated carbocycles. The summed E-state index contributed by atoms with van der Waals surface area (Å²) in [6.45, 7) is 8.51. The molecule has 0 fully saturated rings. The molecule has 0 radical (unpaired) electrons. The molecule has 0 bridgehead atoms. The van der Waals surface area contributed by atoms with Crippen LogP contribution in [-0.4, -0.2) is 28.1 Å². The van der Waals surface area contributed by atoms with Crippen LogP contribution in [0.25, 0.3) is 0 Å². The molecule has 0 aromatic carbocycles. The van der Waals surface area contributed by atoms with Crippen molar-refractivity contribution in [3.63, 3.8) is 0 Å². The van der Waals surface area contributed by atoms with Crippen molar-refractivity contribution in [2.45, 2.75) is 51.2 Å². The fourth-order valence-electron chi connectivity index (χ4n) is 2.11. The highest BCUT2D eigenvalue weighted by Crippen LogP contribution is 2.37. The van der Waals surface area contributed by atoms with Crippen LogP contribution in [0.4, 0.5) is 5.82 Å². The van der Waals surface area contributed by atoms with E-state index < -0.39 is 11.8 Å². The van der Waals surface area contributed by atoms with Crippen LogP contribution in [0.3, 0.4) is 0 Å². The zero-order valence-electron chi connectivity index (χ0n) is 12.9. The molecule has 21 heavy (non-hydrogen) atoms. The van der Waals surface area contributed by atoms with Crippen molar-refractivity contribution in [3.05, 3.63) is 11.3 Å². The molecule has 1 aromatic rings. The predicted molar refractivity (Wildman–Crippen MR) is 84.2 cm³/mol. The molecule has 6 nitrogen and oxygen atoms in total. The topological polar surface area (TPSA) is 76.0 Å². The Morgan fingerprint density at radius 1 is 1.29 bits per heavy atom. The summed E-state index contributed by atoms with van der Waals surface area (Å²) in [6.07, 6.45) is 0.797. The van der Waals surface area contributed by atoms with Crippen LogP contribution < -0.4 is 10.6 Å². The highest BCUT2D eigenvalue weighted by atomic mass is 32.2. The summed E-state index contributed by atoms with van der Waals surface area (Å²) in [5.41, 5.74) is 1.78. The van der Waals surface area contributed by atoms with Gasteiger partial charge in [-0.15, -0.1) is 0 Å². The average molecular weight is 310 g/mol. The number of hydrogen-bond donors (Lipinski definition) is 2. The number of fused-ring (bicyclic) bond motifs is 1. The predicted octanol–water partition coefficient (Wildman–Crippen LogP) is 1.85. The Balaban J connectivity index is 2.23. The molecule has 116 valence electrons. The van der Waals surface area contributed by atoms with Gasteiger partial charge in [0.15, 0.2) is 0 Å². The number of amides is 2. The van der Waals surface area contributed by atoms with Gasteiger partial charge in [0.05, 0.1) is 11.2 Å². The SMILES string of the molecule is CCCNC(=O)C(=O)Nc1c2c(nn1C(C)(C)C)CSC2. The Kier molecular flexibility index (Phi) is 4.61. The molecule has 2 amide bonds. The second-order valence-corrected chi connectivity index (χ2v) is 7.04. The monoisotopic (exact) mass is 310 g/mol. The van der Waals surface area contributed by atoms with E-state index in [2.05, 4.69) is 15.7 Å². The van der Waals surface area contributed by atoms with E-state index in [1.54, 1.807) is 11.8 Å². The number of thioether (sulfide) groups is 1. The van der Waals surface area contributed by atoms with E-state index in [0.717, 1.165) is 29.2 Å². The van der Waals surface area contributed by atoms with Gasteiger partial charge in [0.1, 0.15) is 5.82 Å². The van der Waals surface area contributed by atoms with Crippen LogP contribution in [0.15, 0.2) is 0 Å². The summed E-state index contributed by atoms with van der Waals surface area (Å²) < 4.78 is 1.81. The summed E-state index contributed by atoms with van der Waals surface area (Å²) in [7, 11) is 0. The number of nitrogens with one attached hydrogen (secondary N) is 2. The van der Waals surface area contributed by atoms with Crippen LogP contribution in [0.5, 0.6) is 0 Å². The van der Waals surface area contributed by atoms with Gasteiger partial charge in [0.2, 0.25) is 0 Å². The Morgan fingerprint density at radius 2 is 2.00 bits per heavy atom. The molecule has 0 aliphatic carbocycles. The minimum absolute atomic E-state index is 0.252. The zero-order valence-corrected chi connectivity index (χ0v) is 13.8. The smallest absolute Gasteiger partial charge is 0.314 e. The lowest BCUT2D eigenvalue weighted by atomic mass is 10.1. The van der Waals surface area contributed by atoms with Gasteiger partial charge in [-0.25, -0.2) is 4.68 Å². The maximum Gasteiger partial charge on any atom is 0.314 e. The van der Waals surface area contributed by atoms with Gasteiger partial charge in [0.25, 0.3) is 0 Å². The first-order valence-electron chi connectivity index (χ1n) is 7.12. The van der Waals surface area contributed by atoms with Crippen molar-refractivity contribution < 1.29 is 9.59 Å². The number of rotatable bonds is 3. The molecule has 2 heterocycles. The molecule has 0 atom stereocenters. The molecule has 2 N–H and O–H groups in total. The van der Waals surface area contributed by atoms with Gasteiger partial charge in [-0.05, 0) is 27.2 Å². The average Bonchev–Trinajstić information content (AvgIpc) is 2.97. The molecule has 0 unspecified atom stereocenters. The first-order chi connectivity index (χ1) is 9.84. The van der Waals surface area contributed by atoms with Gasteiger partial charge < -0.3 is 10.6 Å². The third-order valence-corrected chi connectivity index (χ3v) is 4.13. The summed E-state index contributed by atoms with van der Waals surface area (Å²) in [5, 5.41) is 9.91. The van der Waals surface area contributed by atoms with Gasteiger partial charge in [-0.3, -0.25) is 9.59 Å². The molecule has 1 aliphatic rings. The van der Waals surface area contributed by atoms with Crippen LogP contribution in [0.2, 0.25) is 0 Å². The molecule has 1 aromatic heterocycles. The van der Waals surface area contributed by atoms with Crippen molar-refractivity contribution in [1.29, 1.82) is 0 Å². The normalized spacial score (nSPS) is 13.9. The van der Waals surface area contributed by atoms with Crippen LogP contribution in [0.1, 0.15) is 45.4 Å². The van der Waals surface area contributed by atoms with E-state index in [-0.39, 0.29) is 5.54 Å². The van der Waals surface area contributed by atoms with Gasteiger partial charge in [-0.1, -0.05) is 6.92 Å². The lowest BCUT2D eigenvalue weighted by molar-refractivity contribution is -0.136. The highest BCUT2D eigenvalue weighted by molar-refractivity contribution is 7.98. The van der Waals surface area contributed by atoms with E-state index >= 15 is 0 Å². The maximum atomic E-state index is 12.0. The maximum absolute atomic E-state index is 12.0. The van der Waals surface area contributed by atoms with Gasteiger partial charge >= 0.3 is 11.8 Å². The van der Waals surface area contributed by atoms with Crippen molar-refractivity contribution in [3.8, 4) is 0 Å².